The molecule has 5 heteroatoms. The Labute approximate surface area is 90.8 Å². The minimum absolute atomic E-state index is 0.114. The molecule has 0 aromatic rings. The Bertz CT molecular complexity index is 233. The third-order valence-corrected chi connectivity index (χ3v) is 2.48. The van der Waals surface area contributed by atoms with E-state index < -0.39 is 11.9 Å². The van der Waals surface area contributed by atoms with Gasteiger partial charge in [-0.2, -0.15) is 0 Å². The van der Waals surface area contributed by atoms with Crippen molar-refractivity contribution in [3.05, 3.63) is 0 Å². The van der Waals surface area contributed by atoms with Crippen molar-refractivity contribution in [1.82, 2.24) is 10.6 Å². The second-order valence-electron chi connectivity index (χ2n) is 4.81. The highest BCUT2D eigenvalue weighted by molar-refractivity contribution is 5.94. The van der Waals surface area contributed by atoms with E-state index >= 15 is 0 Å². The minimum Gasteiger partial charge on any atom is -0.351 e. The third kappa shape index (κ3) is 6.90. The van der Waals surface area contributed by atoms with Gasteiger partial charge in [-0.1, -0.05) is 27.7 Å². The van der Waals surface area contributed by atoms with Gasteiger partial charge >= 0.3 is 6.03 Å². The van der Waals surface area contributed by atoms with Gasteiger partial charge in [-0.25, -0.2) is 4.79 Å². The van der Waals surface area contributed by atoms with Gasteiger partial charge in [-0.05, 0) is 17.9 Å². The molecular weight excluding hydrogens is 194 g/mol. The van der Waals surface area contributed by atoms with E-state index in [1.807, 2.05) is 5.32 Å². The van der Waals surface area contributed by atoms with Gasteiger partial charge in [0, 0.05) is 0 Å². The number of carbonyl (C=O) groups is 2. The van der Waals surface area contributed by atoms with Gasteiger partial charge in [-0.3, -0.25) is 10.1 Å². The van der Waals surface area contributed by atoms with E-state index in [1.165, 1.54) is 0 Å². The Morgan fingerprint density at radius 1 is 1.33 bits per heavy atom. The predicted octanol–water partition coefficient (Wildman–Crippen LogP) is 0.453. The number of rotatable bonds is 4. The van der Waals surface area contributed by atoms with E-state index in [-0.39, 0.29) is 12.0 Å². The van der Waals surface area contributed by atoms with Crippen LogP contribution in [0.3, 0.4) is 0 Å². The summed E-state index contributed by atoms with van der Waals surface area (Å²) in [7, 11) is 0. The Hall–Kier alpha value is -1.10. The van der Waals surface area contributed by atoms with Gasteiger partial charge in [0.1, 0.15) is 0 Å². The number of nitrogens with two attached hydrogens (primary N) is 1. The molecule has 0 aliphatic carbocycles. The van der Waals surface area contributed by atoms with Crippen LogP contribution in [0.4, 0.5) is 4.79 Å². The molecule has 0 aromatic carbocycles. The van der Waals surface area contributed by atoms with E-state index in [2.05, 4.69) is 33.0 Å². The van der Waals surface area contributed by atoms with Crippen molar-refractivity contribution in [1.29, 1.82) is 0 Å². The van der Waals surface area contributed by atoms with Gasteiger partial charge in [-0.15, -0.1) is 0 Å². The SMILES string of the molecule is CC(CNCC(=O)NC(N)=O)C(C)(C)C. The van der Waals surface area contributed by atoms with Crippen molar-refractivity contribution in [2.75, 3.05) is 13.1 Å². The molecule has 0 rings (SSSR count). The van der Waals surface area contributed by atoms with Crippen molar-refractivity contribution < 1.29 is 9.59 Å². The number of nitrogens with one attached hydrogen (secondary N) is 2. The molecule has 0 radical (unpaired) electrons. The molecule has 0 aliphatic rings. The molecule has 15 heavy (non-hydrogen) atoms. The van der Waals surface area contributed by atoms with E-state index in [4.69, 9.17) is 5.73 Å². The van der Waals surface area contributed by atoms with Crippen LogP contribution in [0.1, 0.15) is 27.7 Å². The first kappa shape index (κ1) is 13.9. The minimum atomic E-state index is -0.814. The summed E-state index contributed by atoms with van der Waals surface area (Å²) in [5.41, 5.74) is 5.00. The molecule has 4 N–H and O–H groups in total. The van der Waals surface area contributed by atoms with E-state index in [1.54, 1.807) is 0 Å². The zero-order valence-corrected chi connectivity index (χ0v) is 9.89. The highest BCUT2D eigenvalue weighted by atomic mass is 16.2. The molecule has 0 aliphatic heterocycles. The largest absolute Gasteiger partial charge is 0.351 e. The summed E-state index contributed by atoms with van der Waals surface area (Å²) < 4.78 is 0. The van der Waals surface area contributed by atoms with Gasteiger partial charge in [0.15, 0.2) is 0 Å². The molecule has 1 unspecified atom stereocenters. The van der Waals surface area contributed by atoms with Gasteiger partial charge in [0.05, 0.1) is 6.54 Å². The molecule has 0 fully saturated rings. The fourth-order valence-electron chi connectivity index (χ4n) is 0.890. The van der Waals surface area contributed by atoms with Crippen LogP contribution in [0.2, 0.25) is 0 Å². The number of carbonyl (C=O) groups excluding carboxylic acids is 2. The second-order valence-corrected chi connectivity index (χ2v) is 4.81. The highest BCUT2D eigenvalue weighted by Gasteiger charge is 2.19. The molecular formula is C10H21N3O2. The molecule has 0 aromatic heterocycles. The quantitative estimate of drug-likeness (QED) is 0.636. The lowest BCUT2D eigenvalue weighted by molar-refractivity contribution is -0.119. The van der Waals surface area contributed by atoms with Gasteiger partial charge in [0.2, 0.25) is 5.91 Å². The van der Waals surface area contributed by atoms with E-state index in [9.17, 15) is 9.59 Å². The van der Waals surface area contributed by atoms with Crippen LogP contribution in [0, 0.1) is 11.3 Å². The topological polar surface area (TPSA) is 84.2 Å². The zero-order chi connectivity index (χ0) is 12.1. The predicted molar refractivity (Wildman–Crippen MR) is 59.2 cm³/mol. The lowest BCUT2D eigenvalue weighted by atomic mass is 9.82. The van der Waals surface area contributed by atoms with Crippen molar-refractivity contribution in [3.8, 4) is 0 Å². The average Bonchev–Trinajstić information content (AvgIpc) is 2.00. The Balaban J connectivity index is 3.71. The van der Waals surface area contributed by atoms with Crippen LogP contribution >= 0.6 is 0 Å². The summed E-state index contributed by atoms with van der Waals surface area (Å²) >= 11 is 0. The number of amides is 3. The molecule has 3 amide bonds. The highest BCUT2D eigenvalue weighted by Crippen LogP contribution is 2.24. The summed E-state index contributed by atoms with van der Waals surface area (Å²) in [6.07, 6.45) is 0. The van der Waals surface area contributed by atoms with Gasteiger partial charge in [0.25, 0.3) is 0 Å². The molecule has 5 nitrogen and oxygen atoms in total. The molecule has 0 saturated carbocycles. The number of hydrogen-bond donors (Lipinski definition) is 3. The van der Waals surface area contributed by atoms with Crippen LogP contribution in [0.5, 0.6) is 0 Å². The zero-order valence-electron chi connectivity index (χ0n) is 9.89. The molecule has 0 spiro atoms. The Morgan fingerprint density at radius 3 is 2.27 bits per heavy atom. The maximum Gasteiger partial charge on any atom is 0.318 e. The molecule has 0 heterocycles. The van der Waals surface area contributed by atoms with Crippen LogP contribution in [-0.2, 0) is 4.79 Å². The summed E-state index contributed by atoms with van der Waals surface area (Å²) in [6, 6.07) is -0.814. The Kier molecular flexibility index (Phi) is 5.28. The standard InChI is InChI=1S/C10H21N3O2/c1-7(10(2,3)4)5-12-6-8(14)13-9(11)15/h7,12H,5-6H2,1-4H3,(H3,11,13,14,15). The van der Waals surface area contributed by atoms with Crippen LogP contribution < -0.4 is 16.4 Å². The van der Waals surface area contributed by atoms with Crippen LogP contribution in [-0.4, -0.2) is 25.0 Å². The average molecular weight is 215 g/mol. The smallest absolute Gasteiger partial charge is 0.318 e. The lowest BCUT2D eigenvalue weighted by Gasteiger charge is -2.27. The second kappa shape index (κ2) is 5.70. The third-order valence-electron chi connectivity index (χ3n) is 2.48. The maximum atomic E-state index is 11.0. The fraction of sp³-hybridized carbons (Fsp3) is 0.800. The van der Waals surface area contributed by atoms with E-state index in [0.29, 0.717) is 5.92 Å². The first-order valence-corrected chi connectivity index (χ1v) is 5.03. The van der Waals surface area contributed by atoms with Gasteiger partial charge < -0.3 is 11.1 Å². The normalized spacial score (nSPS) is 13.3. The first-order chi connectivity index (χ1) is 6.73. The number of hydrogen-bond acceptors (Lipinski definition) is 3. The molecule has 0 saturated heterocycles. The fourth-order valence-corrected chi connectivity index (χ4v) is 0.890. The number of primary amides is 1. The number of imide groups is 1. The van der Waals surface area contributed by atoms with E-state index in [0.717, 1.165) is 6.54 Å². The van der Waals surface area contributed by atoms with Crippen molar-refractivity contribution in [3.63, 3.8) is 0 Å². The summed E-state index contributed by atoms with van der Waals surface area (Å²) in [5, 5.41) is 4.97. The molecule has 88 valence electrons. The van der Waals surface area contributed by atoms with Crippen molar-refractivity contribution >= 4 is 11.9 Å². The summed E-state index contributed by atoms with van der Waals surface area (Å²) in [4.78, 5) is 21.3. The number of urea groups is 1. The molecule has 0 bridgehead atoms. The summed E-state index contributed by atoms with van der Waals surface area (Å²) in [6.45, 7) is 9.38. The monoisotopic (exact) mass is 215 g/mol. The van der Waals surface area contributed by atoms with Crippen molar-refractivity contribution in [2.24, 2.45) is 17.1 Å². The lowest BCUT2D eigenvalue weighted by Crippen LogP contribution is -2.42. The van der Waals surface area contributed by atoms with Crippen LogP contribution in [0.15, 0.2) is 0 Å². The summed E-state index contributed by atoms with van der Waals surface area (Å²) in [5.74, 6) is 0.0440. The molecule has 1 atom stereocenters. The first-order valence-electron chi connectivity index (χ1n) is 5.03. The Morgan fingerprint density at radius 2 is 1.87 bits per heavy atom. The van der Waals surface area contributed by atoms with Crippen LogP contribution in [0.25, 0.3) is 0 Å². The maximum absolute atomic E-state index is 11.0. The van der Waals surface area contributed by atoms with Crippen molar-refractivity contribution in [2.45, 2.75) is 27.7 Å².